The first-order chi connectivity index (χ1) is 18.7. The van der Waals surface area contributed by atoms with Gasteiger partial charge in [-0.1, -0.05) is 36.4 Å². The zero-order valence-corrected chi connectivity index (χ0v) is 21.2. The van der Waals surface area contributed by atoms with Crippen molar-refractivity contribution in [3.8, 4) is 17.2 Å². The molecule has 1 aliphatic rings. The molecular formula is C32H29FN2O3. The molecule has 0 aliphatic carbocycles. The fourth-order valence-corrected chi connectivity index (χ4v) is 5.10. The number of hydrogen-bond donors (Lipinski definition) is 2. The van der Waals surface area contributed by atoms with Gasteiger partial charge in [0.05, 0.1) is 13.2 Å². The summed E-state index contributed by atoms with van der Waals surface area (Å²) >= 11 is 0. The summed E-state index contributed by atoms with van der Waals surface area (Å²) in [6.07, 6.45) is 0.935. The number of nitrogens with one attached hydrogen (secondary N) is 2. The molecule has 38 heavy (non-hydrogen) atoms. The molecule has 2 N–H and O–H groups in total. The van der Waals surface area contributed by atoms with Crippen LogP contribution in [0, 0.1) is 5.82 Å². The average molecular weight is 509 g/mol. The van der Waals surface area contributed by atoms with Crippen molar-refractivity contribution in [1.29, 1.82) is 0 Å². The lowest BCUT2D eigenvalue weighted by Crippen LogP contribution is -2.30. The van der Waals surface area contributed by atoms with E-state index in [1.54, 1.807) is 19.2 Å². The highest BCUT2D eigenvalue weighted by atomic mass is 19.1. The summed E-state index contributed by atoms with van der Waals surface area (Å²) in [6, 6.07) is 28.7. The molecule has 1 unspecified atom stereocenters. The van der Waals surface area contributed by atoms with Crippen molar-refractivity contribution in [2.45, 2.75) is 25.7 Å². The smallest absolute Gasteiger partial charge is 0.125 e. The Kier molecular flexibility index (Phi) is 6.71. The molecule has 0 fully saturated rings. The summed E-state index contributed by atoms with van der Waals surface area (Å²) in [5, 5.41) is 4.87. The SMILES string of the molecule is COc1ccc(C2NCCc3c2[nH]c2ccc(OCc4ccccc4)cc32)cc1COc1ccc(F)cc1. The van der Waals surface area contributed by atoms with E-state index >= 15 is 0 Å². The number of fused-ring (bicyclic) bond motifs is 3. The van der Waals surface area contributed by atoms with Crippen LogP contribution in [0.5, 0.6) is 17.2 Å². The van der Waals surface area contributed by atoms with Crippen LogP contribution < -0.4 is 19.5 Å². The zero-order chi connectivity index (χ0) is 25.9. The lowest BCUT2D eigenvalue weighted by Gasteiger charge is -2.25. The van der Waals surface area contributed by atoms with Gasteiger partial charge in [-0.15, -0.1) is 0 Å². The lowest BCUT2D eigenvalue weighted by molar-refractivity contribution is 0.296. The summed E-state index contributed by atoms with van der Waals surface area (Å²) in [5.74, 6) is 1.94. The van der Waals surface area contributed by atoms with Crippen LogP contribution in [0.15, 0.2) is 91.0 Å². The monoisotopic (exact) mass is 508 g/mol. The lowest BCUT2D eigenvalue weighted by atomic mass is 9.93. The summed E-state index contributed by atoms with van der Waals surface area (Å²) in [5.41, 5.74) is 6.78. The minimum atomic E-state index is -0.288. The van der Waals surface area contributed by atoms with Crippen LogP contribution in [0.4, 0.5) is 4.39 Å². The number of methoxy groups -OCH3 is 1. The van der Waals surface area contributed by atoms with Gasteiger partial charge in [-0.3, -0.25) is 0 Å². The van der Waals surface area contributed by atoms with Crippen LogP contribution in [0.25, 0.3) is 10.9 Å². The van der Waals surface area contributed by atoms with E-state index in [1.807, 2.05) is 30.3 Å². The van der Waals surface area contributed by atoms with Gasteiger partial charge in [0, 0.05) is 28.7 Å². The molecular weight excluding hydrogens is 479 g/mol. The highest BCUT2D eigenvalue weighted by Gasteiger charge is 2.26. The Labute approximate surface area is 221 Å². The van der Waals surface area contributed by atoms with E-state index in [9.17, 15) is 4.39 Å². The van der Waals surface area contributed by atoms with Gasteiger partial charge in [-0.2, -0.15) is 0 Å². The third-order valence-corrected chi connectivity index (χ3v) is 7.02. The number of H-pyrrole nitrogens is 1. The Morgan fingerprint density at radius 1 is 0.842 bits per heavy atom. The van der Waals surface area contributed by atoms with Crippen molar-refractivity contribution in [3.05, 3.63) is 125 Å². The first-order valence-corrected chi connectivity index (χ1v) is 12.8. The summed E-state index contributed by atoms with van der Waals surface area (Å²) in [6.45, 7) is 1.72. The van der Waals surface area contributed by atoms with Crippen LogP contribution in [0.1, 0.15) is 34.0 Å². The highest BCUT2D eigenvalue weighted by Crippen LogP contribution is 2.36. The molecule has 4 aromatic carbocycles. The largest absolute Gasteiger partial charge is 0.496 e. The highest BCUT2D eigenvalue weighted by molar-refractivity contribution is 5.86. The van der Waals surface area contributed by atoms with Crippen molar-refractivity contribution in [3.63, 3.8) is 0 Å². The molecule has 0 saturated heterocycles. The van der Waals surface area contributed by atoms with E-state index in [4.69, 9.17) is 14.2 Å². The van der Waals surface area contributed by atoms with Crippen molar-refractivity contribution < 1.29 is 18.6 Å². The Bertz CT molecular complexity index is 1550. The Balaban J connectivity index is 1.26. The molecule has 1 aromatic heterocycles. The third-order valence-electron chi connectivity index (χ3n) is 7.02. The number of benzene rings is 4. The van der Waals surface area contributed by atoms with Gasteiger partial charge < -0.3 is 24.5 Å². The number of halogens is 1. The fraction of sp³-hybridized carbons (Fsp3) is 0.188. The first kappa shape index (κ1) is 24.1. The van der Waals surface area contributed by atoms with Crippen LogP contribution >= 0.6 is 0 Å². The molecule has 0 bridgehead atoms. The van der Waals surface area contributed by atoms with E-state index < -0.39 is 0 Å². The first-order valence-electron chi connectivity index (χ1n) is 12.8. The third kappa shape index (κ3) is 4.95. The average Bonchev–Trinajstić information content (AvgIpc) is 3.34. The summed E-state index contributed by atoms with van der Waals surface area (Å²) < 4.78 is 30.9. The summed E-state index contributed by atoms with van der Waals surface area (Å²) in [7, 11) is 1.66. The molecule has 5 nitrogen and oxygen atoms in total. The molecule has 1 atom stereocenters. The molecule has 2 heterocycles. The van der Waals surface area contributed by atoms with Crippen molar-refractivity contribution in [2.24, 2.45) is 0 Å². The zero-order valence-electron chi connectivity index (χ0n) is 21.2. The number of hydrogen-bond acceptors (Lipinski definition) is 4. The molecule has 192 valence electrons. The Hall–Kier alpha value is -4.29. The van der Waals surface area contributed by atoms with E-state index in [1.165, 1.54) is 28.8 Å². The molecule has 0 radical (unpaired) electrons. The fourth-order valence-electron chi connectivity index (χ4n) is 5.10. The van der Waals surface area contributed by atoms with Crippen molar-refractivity contribution in [2.75, 3.05) is 13.7 Å². The molecule has 0 saturated carbocycles. The van der Waals surface area contributed by atoms with Crippen LogP contribution in [0.3, 0.4) is 0 Å². The van der Waals surface area contributed by atoms with Crippen LogP contribution in [-0.2, 0) is 19.6 Å². The minimum Gasteiger partial charge on any atom is -0.496 e. The molecule has 5 aromatic rings. The van der Waals surface area contributed by atoms with Gasteiger partial charge in [0.15, 0.2) is 0 Å². The molecule has 1 aliphatic heterocycles. The second-order valence-electron chi connectivity index (χ2n) is 9.45. The van der Waals surface area contributed by atoms with Crippen molar-refractivity contribution in [1.82, 2.24) is 10.3 Å². The van der Waals surface area contributed by atoms with E-state index in [2.05, 4.69) is 46.7 Å². The molecule has 6 rings (SSSR count). The topological polar surface area (TPSA) is 55.5 Å². The number of rotatable bonds is 8. The quantitative estimate of drug-likeness (QED) is 0.245. The number of aromatic nitrogens is 1. The maximum atomic E-state index is 13.3. The maximum absolute atomic E-state index is 13.3. The number of aromatic amines is 1. The van der Waals surface area contributed by atoms with Crippen LogP contribution in [-0.4, -0.2) is 18.6 Å². The Morgan fingerprint density at radius 2 is 1.63 bits per heavy atom. The molecule has 0 spiro atoms. The van der Waals surface area contributed by atoms with Gasteiger partial charge in [0.1, 0.15) is 36.3 Å². The molecule has 0 amide bonds. The van der Waals surface area contributed by atoms with E-state index in [-0.39, 0.29) is 11.9 Å². The predicted molar refractivity (Wildman–Crippen MR) is 146 cm³/mol. The normalized spacial score (nSPS) is 14.7. The van der Waals surface area contributed by atoms with Gasteiger partial charge in [-0.05, 0) is 77.7 Å². The number of ether oxygens (including phenoxy) is 3. The van der Waals surface area contributed by atoms with Gasteiger partial charge in [0.25, 0.3) is 0 Å². The standard InChI is InChI=1S/C32H29FN2O3/c1-36-30-14-7-22(17-23(30)20-38-25-10-8-24(33)9-11-25)31-32-27(15-16-34-31)28-18-26(12-13-29(28)35-32)37-19-21-5-3-2-4-6-21/h2-14,17-18,31,34-35H,15-16,19-20H2,1H3. The second kappa shape index (κ2) is 10.6. The Morgan fingerprint density at radius 3 is 2.45 bits per heavy atom. The van der Waals surface area contributed by atoms with Crippen LogP contribution in [0.2, 0.25) is 0 Å². The maximum Gasteiger partial charge on any atom is 0.125 e. The summed E-state index contributed by atoms with van der Waals surface area (Å²) in [4.78, 5) is 3.66. The molecule has 6 heteroatoms. The second-order valence-corrected chi connectivity index (χ2v) is 9.45. The van der Waals surface area contributed by atoms with Gasteiger partial charge >= 0.3 is 0 Å². The van der Waals surface area contributed by atoms with Gasteiger partial charge in [-0.25, -0.2) is 4.39 Å². The minimum absolute atomic E-state index is 0.00955. The van der Waals surface area contributed by atoms with Crippen molar-refractivity contribution >= 4 is 10.9 Å². The van der Waals surface area contributed by atoms with E-state index in [0.717, 1.165) is 46.7 Å². The van der Waals surface area contributed by atoms with E-state index in [0.29, 0.717) is 19.0 Å². The van der Waals surface area contributed by atoms with Gasteiger partial charge in [0.2, 0.25) is 0 Å². The predicted octanol–water partition coefficient (Wildman–Crippen LogP) is 6.71.